The van der Waals surface area contributed by atoms with Gasteiger partial charge in [0.05, 0.1) is 19.8 Å². The minimum atomic E-state index is -0.255. The van der Waals surface area contributed by atoms with Gasteiger partial charge in [0, 0.05) is 12.5 Å². The minimum Gasteiger partial charge on any atom is -0.350 e. The van der Waals surface area contributed by atoms with Crippen molar-refractivity contribution in [2.75, 3.05) is 45.9 Å². The summed E-state index contributed by atoms with van der Waals surface area (Å²) in [5.41, 5.74) is 0. The van der Waals surface area contributed by atoms with E-state index in [4.69, 9.17) is 9.47 Å². The zero-order valence-electron chi connectivity index (χ0n) is 12.3. The molecule has 0 aromatic rings. The number of ether oxygens (including phenoxy) is 2. The van der Waals surface area contributed by atoms with Gasteiger partial charge in [-0.15, -0.1) is 0 Å². The zero-order valence-corrected chi connectivity index (χ0v) is 12.3. The van der Waals surface area contributed by atoms with Crippen LogP contribution in [0.15, 0.2) is 0 Å². The first-order valence-corrected chi connectivity index (χ1v) is 7.78. The molecule has 0 aliphatic carbocycles. The molecule has 3 saturated heterocycles. The first kappa shape index (κ1) is 14.7. The average molecular weight is 297 g/mol. The summed E-state index contributed by atoms with van der Waals surface area (Å²) in [4.78, 5) is 26.6. The van der Waals surface area contributed by atoms with E-state index in [-0.39, 0.29) is 24.8 Å². The van der Waals surface area contributed by atoms with Crippen LogP contribution in [0.25, 0.3) is 0 Å². The standard InChI is InChI=1S/C14H23N3O4/c18-12-10-15-14(19)17(12)5-1-4-16-6-2-11(3-7-16)13-20-8-9-21-13/h11,13H,1-10H2,(H,15,19). The topological polar surface area (TPSA) is 71.1 Å². The molecule has 3 aliphatic heterocycles. The molecule has 0 radical (unpaired) electrons. The number of imide groups is 1. The van der Waals surface area contributed by atoms with Gasteiger partial charge in [0.15, 0.2) is 6.29 Å². The fourth-order valence-corrected chi connectivity index (χ4v) is 3.23. The third-order valence-corrected chi connectivity index (χ3v) is 4.46. The molecule has 0 aromatic heterocycles. The van der Waals surface area contributed by atoms with Crippen molar-refractivity contribution >= 4 is 11.9 Å². The van der Waals surface area contributed by atoms with Crippen LogP contribution in [-0.4, -0.2) is 74.0 Å². The largest absolute Gasteiger partial charge is 0.350 e. The molecule has 7 nitrogen and oxygen atoms in total. The van der Waals surface area contributed by atoms with E-state index < -0.39 is 0 Å². The lowest BCUT2D eigenvalue weighted by Gasteiger charge is -2.33. The lowest BCUT2D eigenvalue weighted by Crippen LogP contribution is -2.40. The highest BCUT2D eigenvalue weighted by atomic mass is 16.7. The molecule has 0 unspecified atom stereocenters. The van der Waals surface area contributed by atoms with Gasteiger partial charge in [-0.05, 0) is 38.9 Å². The van der Waals surface area contributed by atoms with Gasteiger partial charge in [-0.25, -0.2) is 4.79 Å². The Labute approximate surface area is 124 Å². The number of nitrogens with zero attached hydrogens (tertiary/aromatic N) is 2. The molecule has 0 spiro atoms. The summed E-state index contributed by atoms with van der Waals surface area (Å²) in [6.07, 6.45) is 3.01. The molecule has 3 heterocycles. The Morgan fingerprint density at radius 3 is 2.43 bits per heavy atom. The SMILES string of the molecule is O=C1CNC(=O)N1CCCN1CCC(C2OCCO2)CC1. The van der Waals surface area contributed by atoms with Crippen molar-refractivity contribution in [3.05, 3.63) is 0 Å². The Hall–Kier alpha value is -1.18. The molecule has 21 heavy (non-hydrogen) atoms. The van der Waals surface area contributed by atoms with Crippen LogP contribution in [0, 0.1) is 5.92 Å². The summed E-state index contributed by atoms with van der Waals surface area (Å²) in [5, 5.41) is 2.54. The van der Waals surface area contributed by atoms with Crippen LogP contribution in [0.2, 0.25) is 0 Å². The van der Waals surface area contributed by atoms with Gasteiger partial charge in [0.2, 0.25) is 5.91 Å². The Morgan fingerprint density at radius 1 is 1.10 bits per heavy atom. The molecule has 0 atom stereocenters. The number of likely N-dealkylation sites (tertiary alicyclic amines) is 1. The van der Waals surface area contributed by atoms with E-state index in [1.807, 2.05) is 0 Å². The number of rotatable bonds is 5. The third-order valence-electron chi connectivity index (χ3n) is 4.46. The molecule has 118 valence electrons. The number of amides is 3. The fraction of sp³-hybridized carbons (Fsp3) is 0.857. The van der Waals surface area contributed by atoms with E-state index in [1.54, 1.807) is 0 Å². The molecule has 1 N–H and O–H groups in total. The second-order valence-corrected chi connectivity index (χ2v) is 5.85. The molecule has 7 heteroatoms. The molecule has 3 rings (SSSR count). The van der Waals surface area contributed by atoms with Crippen LogP contribution < -0.4 is 5.32 Å². The van der Waals surface area contributed by atoms with E-state index in [0.29, 0.717) is 12.5 Å². The maximum absolute atomic E-state index is 11.5. The van der Waals surface area contributed by atoms with E-state index in [9.17, 15) is 9.59 Å². The van der Waals surface area contributed by atoms with Crippen molar-refractivity contribution in [2.24, 2.45) is 5.92 Å². The molecule has 0 aromatic carbocycles. The summed E-state index contributed by atoms with van der Waals surface area (Å²) in [5.74, 6) is 0.393. The number of carbonyl (C=O) groups excluding carboxylic acids is 2. The van der Waals surface area contributed by atoms with E-state index in [2.05, 4.69) is 10.2 Å². The monoisotopic (exact) mass is 297 g/mol. The molecule has 3 fully saturated rings. The average Bonchev–Trinajstić information content (AvgIpc) is 3.13. The smallest absolute Gasteiger partial charge is 0.324 e. The summed E-state index contributed by atoms with van der Waals surface area (Å²) in [7, 11) is 0. The van der Waals surface area contributed by atoms with Crippen molar-refractivity contribution < 1.29 is 19.1 Å². The van der Waals surface area contributed by atoms with Gasteiger partial charge in [-0.1, -0.05) is 0 Å². The maximum atomic E-state index is 11.5. The van der Waals surface area contributed by atoms with Crippen LogP contribution in [0.5, 0.6) is 0 Å². The molecule has 0 bridgehead atoms. The number of urea groups is 1. The summed E-state index contributed by atoms with van der Waals surface area (Å²) in [6, 6.07) is -0.255. The predicted molar refractivity (Wildman–Crippen MR) is 74.6 cm³/mol. The third kappa shape index (κ3) is 3.53. The van der Waals surface area contributed by atoms with Crippen molar-refractivity contribution in [3.8, 4) is 0 Å². The second-order valence-electron chi connectivity index (χ2n) is 5.85. The minimum absolute atomic E-state index is 0.00179. The molecule has 3 aliphatic rings. The van der Waals surface area contributed by atoms with Crippen LogP contribution >= 0.6 is 0 Å². The van der Waals surface area contributed by atoms with Crippen molar-refractivity contribution in [3.63, 3.8) is 0 Å². The first-order valence-electron chi connectivity index (χ1n) is 7.78. The fourth-order valence-electron chi connectivity index (χ4n) is 3.23. The van der Waals surface area contributed by atoms with Crippen LogP contribution in [0.4, 0.5) is 4.79 Å². The molecule has 0 saturated carbocycles. The first-order chi connectivity index (χ1) is 10.2. The highest BCUT2D eigenvalue weighted by Crippen LogP contribution is 2.25. The molecule has 3 amide bonds. The van der Waals surface area contributed by atoms with E-state index in [1.165, 1.54) is 4.90 Å². The van der Waals surface area contributed by atoms with Crippen LogP contribution in [0.3, 0.4) is 0 Å². The Kier molecular flexibility index (Phi) is 4.72. The van der Waals surface area contributed by atoms with E-state index >= 15 is 0 Å². The van der Waals surface area contributed by atoms with Gasteiger partial charge >= 0.3 is 6.03 Å². The zero-order chi connectivity index (χ0) is 14.7. The van der Waals surface area contributed by atoms with Crippen molar-refractivity contribution in [2.45, 2.75) is 25.6 Å². The predicted octanol–water partition coefficient (Wildman–Crippen LogP) is 0.0132. The number of piperidine rings is 1. The van der Waals surface area contributed by atoms with E-state index in [0.717, 1.165) is 52.1 Å². The van der Waals surface area contributed by atoms with Gasteiger partial charge in [-0.3, -0.25) is 9.69 Å². The van der Waals surface area contributed by atoms with Gasteiger partial charge in [0.25, 0.3) is 0 Å². The quantitative estimate of drug-likeness (QED) is 0.724. The highest BCUT2D eigenvalue weighted by Gasteiger charge is 2.31. The number of hydrogen-bond donors (Lipinski definition) is 1. The molecular formula is C14H23N3O4. The maximum Gasteiger partial charge on any atom is 0.324 e. The van der Waals surface area contributed by atoms with Gasteiger partial charge < -0.3 is 19.7 Å². The summed E-state index contributed by atoms with van der Waals surface area (Å²) in [6.45, 7) is 5.09. The Bertz CT molecular complexity index is 374. The van der Waals surface area contributed by atoms with Crippen molar-refractivity contribution in [1.82, 2.24) is 15.1 Å². The Morgan fingerprint density at radius 2 is 1.81 bits per heavy atom. The summed E-state index contributed by atoms with van der Waals surface area (Å²) >= 11 is 0. The van der Waals surface area contributed by atoms with Gasteiger partial charge in [0.1, 0.15) is 0 Å². The van der Waals surface area contributed by atoms with Gasteiger partial charge in [-0.2, -0.15) is 0 Å². The number of nitrogens with one attached hydrogen (secondary N) is 1. The lowest BCUT2D eigenvalue weighted by atomic mass is 9.96. The lowest BCUT2D eigenvalue weighted by molar-refractivity contribution is -0.125. The van der Waals surface area contributed by atoms with Crippen molar-refractivity contribution in [1.29, 1.82) is 0 Å². The molecular weight excluding hydrogens is 274 g/mol. The number of hydrogen-bond acceptors (Lipinski definition) is 5. The highest BCUT2D eigenvalue weighted by molar-refractivity contribution is 6.01. The second kappa shape index (κ2) is 6.72. The number of carbonyl (C=O) groups is 2. The summed E-state index contributed by atoms with van der Waals surface area (Å²) < 4.78 is 11.1. The Balaban J connectivity index is 1.34. The normalized spacial score (nSPS) is 25.8. The van der Waals surface area contributed by atoms with Crippen LogP contribution in [-0.2, 0) is 14.3 Å². The van der Waals surface area contributed by atoms with Crippen LogP contribution in [0.1, 0.15) is 19.3 Å².